The molecule has 0 nitrogen and oxygen atoms in total. The molecule has 0 unspecified atom stereocenters. The van der Waals surface area contributed by atoms with Crippen LogP contribution in [-0.4, -0.2) is 4.38 Å². The number of halogens is 1. The minimum atomic E-state index is -2.03. The van der Waals surface area contributed by atoms with Crippen molar-refractivity contribution in [2.24, 2.45) is 0 Å². The van der Waals surface area contributed by atoms with E-state index in [-0.39, 0.29) is 0 Å². The molecule has 0 fully saturated rings. The average Bonchev–Trinajstić information content (AvgIpc) is 1.64. The number of hydrogen-bond acceptors (Lipinski definition) is 0. The first-order valence-corrected chi connectivity index (χ1v) is 1.87. The summed E-state index contributed by atoms with van der Waals surface area (Å²) in [5, 5.41) is 0. The van der Waals surface area contributed by atoms with Gasteiger partial charge in [0.1, 0.15) is 0 Å². The highest BCUT2D eigenvalue weighted by Gasteiger charge is 1.58. The summed E-state index contributed by atoms with van der Waals surface area (Å²) < 4.78 is 32.3. The molecule has 0 atom stereocenters. The maximum absolute atomic E-state index is 6.92. The summed E-state index contributed by atoms with van der Waals surface area (Å²) >= 11 is 1.36. The van der Waals surface area contributed by atoms with Crippen molar-refractivity contribution in [3.8, 4) is 0 Å². The van der Waals surface area contributed by atoms with Gasteiger partial charge < -0.3 is 0 Å². The fraction of sp³-hybridized carbons (Fsp3) is 1.00. The number of hydrogen-bond donors (Lipinski definition) is 0. The quantitative estimate of drug-likeness (QED) is 0.421. The van der Waals surface area contributed by atoms with Crippen LogP contribution in [0.3, 0.4) is 0 Å². The van der Waals surface area contributed by atoms with Crippen LogP contribution in [0.5, 0.6) is 0 Å². The highest BCUT2D eigenvalue weighted by molar-refractivity contribution is 14.1. The van der Waals surface area contributed by atoms with Crippen LogP contribution in [0.15, 0.2) is 0 Å². The van der Waals surface area contributed by atoms with E-state index in [1.54, 1.807) is 0 Å². The van der Waals surface area contributed by atoms with Crippen molar-refractivity contribution >= 4 is 22.6 Å². The lowest BCUT2D eigenvalue weighted by Crippen LogP contribution is -1.54. The maximum Gasteiger partial charge on any atom is 0.0377 e. The Bertz CT molecular complexity index is 94.9. The van der Waals surface area contributed by atoms with E-state index in [1.807, 2.05) is 0 Å². The molecule has 0 aliphatic carbocycles. The van der Waals surface area contributed by atoms with Crippen LogP contribution >= 0.6 is 22.6 Å². The third-order valence-corrected chi connectivity index (χ3v) is 0.448. The molecule has 0 N–H and O–H groups in total. The third kappa shape index (κ3) is 2.73. The van der Waals surface area contributed by atoms with Crippen LogP contribution in [0.4, 0.5) is 0 Å². The molecule has 0 rings (SSSR count). The van der Waals surface area contributed by atoms with Gasteiger partial charge in [-0.25, -0.2) is 0 Å². The molecule has 1 heteroatoms. The Labute approximate surface area is 47.8 Å². The first-order valence-electron chi connectivity index (χ1n) is 3.50. The average molecular weight is 175 g/mol. The second kappa shape index (κ2) is 3.73. The molecule has 0 radical (unpaired) electrons. The lowest BCUT2D eigenvalue weighted by atomic mass is 10.6. The summed E-state index contributed by atoms with van der Waals surface area (Å²) in [5.41, 5.74) is 0. The van der Waals surface area contributed by atoms with Gasteiger partial charge in [0, 0.05) is 6.85 Å². The Hall–Kier alpha value is 0.730. The summed E-state index contributed by atoms with van der Waals surface area (Å²) in [6, 6.07) is 0. The Morgan fingerprint density at radius 1 is 2.50 bits per heavy atom. The Morgan fingerprint density at radius 3 is 3.25 bits per heavy atom. The van der Waals surface area contributed by atoms with Crippen LogP contribution in [-0.2, 0) is 0 Å². The van der Waals surface area contributed by atoms with E-state index in [2.05, 4.69) is 0 Å². The van der Waals surface area contributed by atoms with Gasteiger partial charge in [-0.1, -0.05) is 29.5 Å². The summed E-state index contributed by atoms with van der Waals surface area (Å²) in [6.07, 6.45) is -2.03. The Balaban J connectivity index is 4.14. The van der Waals surface area contributed by atoms with Gasteiger partial charge in [-0.2, -0.15) is 0 Å². The molecular weight excluding hydrogens is 163 g/mol. The van der Waals surface area contributed by atoms with Crippen LogP contribution in [0.25, 0.3) is 0 Å². The molecule has 0 saturated heterocycles. The second-order valence-corrected chi connectivity index (χ2v) is 0.811. The first kappa shape index (κ1) is 0.863. The molecule has 0 aromatic heterocycles. The molecule has 4 heavy (non-hydrogen) atoms. The number of alkyl halides is 1. The van der Waals surface area contributed by atoms with Crippen molar-refractivity contribution < 1.29 is 6.85 Å². The summed E-state index contributed by atoms with van der Waals surface area (Å²) in [6.45, 7) is -0.539. The lowest BCUT2D eigenvalue weighted by Gasteiger charge is -1.66. The van der Waals surface area contributed by atoms with Crippen LogP contribution in [0, 0.1) is 0 Å². The van der Waals surface area contributed by atoms with E-state index >= 15 is 0 Å². The molecule has 0 aromatic carbocycles. The van der Waals surface area contributed by atoms with Crippen LogP contribution in [0.2, 0.25) is 0 Å². The van der Waals surface area contributed by atoms with E-state index in [1.165, 1.54) is 22.6 Å². The molecule has 0 saturated carbocycles. The Kier molecular flexibility index (Phi) is 0.805. The lowest BCUT2D eigenvalue weighted by molar-refractivity contribution is 1.13. The predicted octanol–water partition coefficient (Wildman–Crippen LogP) is 1.83. The van der Waals surface area contributed by atoms with Crippen molar-refractivity contribution in [3.63, 3.8) is 0 Å². The Morgan fingerprint density at radius 2 is 3.25 bits per heavy atom. The summed E-state index contributed by atoms with van der Waals surface area (Å²) in [7, 11) is 0. The fourth-order valence-corrected chi connectivity index (χ4v) is 0. The van der Waals surface area contributed by atoms with Crippen molar-refractivity contribution in [2.45, 2.75) is 13.3 Å². The third-order valence-electron chi connectivity index (χ3n) is 0.0668. The minimum Gasteiger partial charge on any atom is -0.0864 e. The van der Waals surface area contributed by atoms with Gasteiger partial charge in [0.25, 0.3) is 0 Å². The summed E-state index contributed by atoms with van der Waals surface area (Å²) in [4.78, 5) is 0. The van der Waals surface area contributed by atoms with E-state index in [4.69, 9.17) is 6.85 Å². The van der Waals surface area contributed by atoms with E-state index < -0.39 is 17.7 Å². The maximum atomic E-state index is 6.92. The first-order chi connectivity index (χ1) is 3.81. The SMILES string of the molecule is [2H]CC([2H])([2H])C([2H])([2H])I. The highest BCUT2D eigenvalue weighted by Crippen LogP contribution is 1.81. The van der Waals surface area contributed by atoms with Gasteiger partial charge in [-0.05, 0) is 10.8 Å². The van der Waals surface area contributed by atoms with Crippen molar-refractivity contribution in [2.75, 3.05) is 4.38 Å². The standard InChI is InChI=1S/C3H7I/c1-2-3-4/h2-3H2,1H3/i1D,2D2,3D2. The largest absolute Gasteiger partial charge is 0.0864 e. The van der Waals surface area contributed by atoms with Gasteiger partial charge in [-0.3, -0.25) is 0 Å². The van der Waals surface area contributed by atoms with Crippen molar-refractivity contribution in [1.82, 2.24) is 0 Å². The normalized spacial score (nSPS) is 32.8. The predicted molar refractivity (Wildman–Crippen MR) is 29.2 cm³/mol. The molecule has 26 valence electrons. The molecule has 0 spiro atoms. The smallest absolute Gasteiger partial charge is 0.0377 e. The van der Waals surface area contributed by atoms with Crippen LogP contribution < -0.4 is 0 Å². The number of rotatable bonds is 1. The topological polar surface area (TPSA) is 0 Å². The van der Waals surface area contributed by atoms with Gasteiger partial charge in [0.15, 0.2) is 0 Å². The highest BCUT2D eigenvalue weighted by atomic mass is 127. The minimum absolute atomic E-state index is 0.539. The molecule has 0 aliphatic heterocycles. The zero-order valence-electron chi connectivity index (χ0n) is 7.09. The van der Waals surface area contributed by atoms with Gasteiger partial charge in [0.05, 0.1) is 0 Å². The monoisotopic (exact) mass is 175 g/mol. The zero-order valence-corrected chi connectivity index (χ0v) is 4.24. The van der Waals surface area contributed by atoms with Crippen molar-refractivity contribution in [3.05, 3.63) is 0 Å². The van der Waals surface area contributed by atoms with Gasteiger partial charge >= 0.3 is 0 Å². The molecule has 0 heterocycles. The van der Waals surface area contributed by atoms with E-state index in [9.17, 15) is 0 Å². The van der Waals surface area contributed by atoms with E-state index in [0.29, 0.717) is 0 Å². The van der Waals surface area contributed by atoms with Crippen molar-refractivity contribution in [1.29, 1.82) is 0 Å². The summed E-state index contributed by atoms with van der Waals surface area (Å²) in [5.74, 6) is 0. The molecule has 0 bridgehead atoms. The molecular formula is C3H7I. The van der Waals surface area contributed by atoms with Crippen LogP contribution in [0.1, 0.15) is 20.1 Å². The van der Waals surface area contributed by atoms with Gasteiger partial charge in [0.2, 0.25) is 0 Å². The fourth-order valence-electron chi connectivity index (χ4n) is 0. The molecule has 0 aromatic rings. The zero-order chi connectivity index (χ0) is 7.71. The molecule has 0 amide bonds. The van der Waals surface area contributed by atoms with Gasteiger partial charge in [-0.15, -0.1) is 0 Å². The van der Waals surface area contributed by atoms with E-state index in [0.717, 1.165) is 0 Å². The second-order valence-electron chi connectivity index (χ2n) is 0.271. The molecule has 0 aliphatic rings.